The van der Waals surface area contributed by atoms with Crippen LogP contribution in [0.1, 0.15) is 89.5 Å². The van der Waals surface area contributed by atoms with Crippen molar-refractivity contribution in [3.05, 3.63) is 82.0 Å². The van der Waals surface area contributed by atoms with Crippen molar-refractivity contribution in [2.45, 2.75) is 91.8 Å². The highest BCUT2D eigenvalue weighted by molar-refractivity contribution is 5.72. The molecule has 0 saturated heterocycles. The third kappa shape index (κ3) is 6.26. The zero-order valence-corrected chi connectivity index (χ0v) is 24.4. The molecule has 0 aromatic heterocycles. The number of benzene rings is 2. The highest BCUT2D eigenvalue weighted by Gasteiger charge is 2.54. The van der Waals surface area contributed by atoms with Crippen molar-refractivity contribution < 1.29 is 14.6 Å². The van der Waals surface area contributed by atoms with E-state index in [4.69, 9.17) is 9.47 Å². The van der Waals surface area contributed by atoms with Crippen molar-refractivity contribution in [1.82, 2.24) is 0 Å². The van der Waals surface area contributed by atoms with Crippen molar-refractivity contribution in [3.8, 4) is 11.5 Å². The summed E-state index contributed by atoms with van der Waals surface area (Å²) in [5, 5.41) is 10.7. The normalized spacial score (nSPS) is 24.4. The van der Waals surface area contributed by atoms with Crippen LogP contribution in [0.25, 0.3) is 12.2 Å². The predicted molar refractivity (Wildman–Crippen MR) is 160 cm³/mol. The minimum Gasteiger partial charge on any atom is -0.493 e. The third-order valence-electron chi connectivity index (χ3n) is 8.77. The van der Waals surface area contributed by atoms with Crippen LogP contribution in [0.4, 0.5) is 0 Å². The van der Waals surface area contributed by atoms with Gasteiger partial charge in [0.1, 0.15) is 5.60 Å². The molecule has 1 saturated carbocycles. The molecule has 3 heteroatoms. The Labute approximate surface area is 230 Å². The average Bonchev–Trinajstić information content (AvgIpc) is 2.88. The molecule has 2 aromatic rings. The van der Waals surface area contributed by atoms with E-state index in [0.29, 0.717) is 0 Å². The third-order valence-corrected chi connectivity index (χ3v) is 8.77. The lowest BCUT2D eigenvalue weighted by atomic mass is 9.57. The maximum Gasteiger partial charge on any atom is 0.165 e. The summed E-state index contributed by atoms with van der Waals surface area (Å²) in [5.74, 6) is 1.89. The molecular weight excluding hydrogens is 468 g/mol. The summed E-state index contributed by atoms with van der Waals surface area (Å²) in [5.41, 5.74) is 7.11. The van der Waals surface area contributed by atoms with Gasteiger partial charge in [0.2, 0.25) is 0 Å². The van der Waals surface area contributed by atoms with E-state index >= 15 is 0 Å². The molecule has 0 spiro atoms. The van der Waals surface area contributed by atoms with Crippen LogP contribution in [0.3, 0.4) is 0 Å². The molecule has 2 aromatic carbocycles. The van der Waals surface area contributed by atoms with E-state index in [1.807, 2.05) is 0 Å². The molecule has 1 heterocycles. The largest absolute Gasteiger partial charge is 0.493 e. The quantitative estimate of drug-likeness (QED) is 0.283. The maximum absolute atomic E-state index is 10.7. The molecule has 0 bridgehead atoms. The highest BCUT2D eigenvalue weighted by atomic mass is 16.5. The Bertz CT molecular complexity index is 1210. The zero-order chi connectivity index (χ0) is 27.5. The van der Waals surface area contributed by atoms with Crippen molar-refractivity contribution in [3.63, 3.8) is 0 Å². The van der Waals surface area contributed by atoms with Gasteiger partial charge in [-0.05, 0) is 106 Å². The number of hydrogen-bond donors (Lipinski definition) is 1. The fourth-order valence-electron chi connectivity index (χ4n) is 6.18. The number of aliphatic hydroxyl groups excluding tert-OH is 1. The van der Waals surface area contributed by atoms with Crippen LogP contribution in [-0.4, -0.2) is 23.9 Å². The first-order valence-electron chi connectivity index (χ1n) is 14.2. The molecule has 0 unspecified atom stereocenters. The number of fused-ring (bicyclic) bond motifs is 2. The topological polar surface area (TPSA) is 38.7 Å². The highest BCUT2D eigenvalue weighted by Crippen LogP contribution is 2.54. The molecule has 0 radical (unpaired) electrons. The van der Waals surface area contributed by atoms with Crippen molar-refractivity contribution in [2.24, 2.45) is 11.3 Å². The van der Waals surface area contributed by atoms with Crippen molar-refractivity contribution in [1.29, 1.82) is 0 Å². The molecule has 38 heavy (non-hydrogen) atoms. The fourth-order valence-corrected chi connectivity index (χ4v) is 6.18. The molecule has 0 amide bonds. The molecule has 3 nitrogen and oxygen atoms in total. The minimum atomic E-state index is -0.305. The fraction of sp³-hybridized carbons (Fsp3) is 0.486. The van der Waals surface area contributed by atoms with E-state index in [1.165, 1.54) is 22.3 Å². The second kappa shape index (κ2) is 11.5. The Morgan fingerprint density at radius 2 is 1.74 bits per heavy atom. The summed E-state index contributed by atoms with van der Waals surface area (Å²) in [6.45, 7) is 13.1. The number of hydrogen-bond acceptors (Lipinski definition) is 3. The second-order valence-electron chi connectivity index (χ2n) is 12.4. The van der Waals surface area contributed by atoms with Crippen LogP contribution < -0.4 is 9.47 Å². The van der Waals surface area contributed by atoms with Gasteiger partial charge in [0.15, 0.2) is 11.5 Å². The van der Waals surface area contributed by atoms with Crippen LogP contribution in [-0.2, 0) is 12.8 Å². The Kier molecular flexibility index (Phi) is 8.57. The number of allylic oxidation sites excluding steroid dienone is 4. The van der Waals surface area contributed by atoms with E-state index in [0.717, 1.165) is 61.2 Å². The van der Waals surface area contributed by atoms with Gasteiger partial charge in [-0.15, -0.1) is 0 Å². The summed E-state index contributed by atoms with van der Waals surface area (Å²) < 4.78 is 12.4. The van der Waals surface area contributed by atoms with Crippen LogP contribution >= 0.6 is 0 Å². The second-order valence-corrected chi connectivity index (χ2v) is 12.4. The molecule has 1 aliphatic carbocycles. The van der Waals surface area contributed by atoms with E-state index in [1.54, 1.807) is 7.11 Å². The maximum atomic E-state index is 10.7. The Hall–Kier alpha value is -2.78. The Morgan fingerprint density at radius 1 is 1.03 bits per heavy atom. The van der Waals surface area contributed by atoms with Crippen molar-refractivity contribution in [2.75, 3.05) is 7.11 Å². The lowest BCUT2D eigenvalue weighted by Gasteiger charge is -2.55. The lowest BCUT2D eigenvalue weighted by molar-refractivity contribution is -0.138. The first kappa shape index (κ1) is 28.2. The van der Waals surface area contributed by atoms with Gasteiger partial charge in [0, 0.05) is 5.92 Å². The first-order valence-corrected chi connectivity index (χ1v) is 14.2. The number of methoxy groups -OCH3 is 1. The SMILES string of the molecule is COc1cc(C=Cc2ccc(CC=C(C)CCC=C(C)C)cc2)cc2c1O[C@]1(C)CC[C@@H](O)C(C)(C)[C@H]1C2. The van der Waals surface area contributed by atoms with Crippen molar-refractivity contribution >= 4 is 12.2 Å². The molecule has 2 aliphatic rings. The van der Waals surface area contributed by atoms with Gasteiger partial charge >= 0.3 is 0 Å². The number of aliphatic hydroxyl groups is 1. The van der Waals surface area contributed by atoms with Crippen LogP contribution in [0.15, 0.2) is 59.7 Å². The molecule has 4 rings (SSSR count). The van der Waals surface area contributed by atoms with E-state index in [-0.39, 0.29) is 23.0 Å². The van der Waals surface area contributed by atoms with Gasteiger partial charge in [-0.25, -0.2) is 0 Å². The van der Waals surface area contributed by atoms with Gasteiger partial charge in [-0.2, -0.15) is 0 Å². The van der Waals surface area contributed by atoms with E-state index < -0.39 is 0 Å². The van der Waals surface area contributed by atoms with Gasteiger partial charge in [-0.1, -0.05) is 73.6 Å². The summed E-state index contributed by atoms with van der Waals surface area (Å²) in [6.07, 6.45) is 14.4. The average molecular weight is 515 g/mol. The molecule has 1 N–H and O–H groups in total. The van der Waals surface area contributed by atoms with Crippen LogP contribution in [0.5, 0.6) is 11.5 Å². The summed E-state index contributed by atoms with van der Waals surface area (Å²) >= 11 is 0. The smallest absolute Gasteiger partial charge is 0.165 e. The first-order chi connectivity index (χ1) is 18.0. The lowest BCUT2D eigenvalue weighted by Crippen LogP contribution is -2.58. The Morgan fingerprint density at radius 3 is 2.42 bits per heavy atom. The number of rotatable bonds is 8. The molecule has 1 fully saturated rings. The molecule has 3 atom stereocenters. The summed E-state index contributed by atoms with van der Waals surface area (Å²) in [7, 11) is 1.71. The van der Waals surface area contributed by atoms with Crippen LogP contribution in [0.2, 0.25) is 0 Å². The summed E-state index contributed by atoms with van der Waals surface area (Å²) in [4.78, 5) is 0. The van der Waals surface area contributed by atoms with E-state index in [9.17, 15) is 5.11 Å². The minimum absolute atomic E-state index is 0.204. The molecule has 1 aliphatic heterocycles. The Balaban J connectivity index is 1.47. The summed E-state index contributed by atoms with van der Waals surface area (Å²) in [6, 6.07) is 13.1. The van der Waals surface area contributed by atoms with Gasteiger partial charge < -0.3 is 14.6 Å². The molecule has 204 valence electrons. The van der Waals surface area contributed by atoms with Gasteiger partial charge in [-0.3, -0.25) is 0 Å². The number of ether oxygens (including phenoxy) is 2. The standard InChI is InChI=1S/C35H46O3/c1-24(2)9-8-10-25(3)11-12-26-13-15-27(16-14-26)17-18-28-21-29-23-31-34(4,5)32(36)19-20-35(31,6)38-33(29)30(22-28)37-7/h9,11,13-18,21-22,31-32,36H,8,10,12,19-20,23H2,1-7H3/t31-,32-,35-/m1/s1. The molecular formula is C35H46O3. The predicted octanol–water partition coefficient (Wildman–Crippen LogP) is 8.59. The van der Waals surface area contributed by atoms with E-state index in [2.05, 4.69) is 102 Å². The zero-order valence-electron chi connectivity index (χ0n) is 24.4. The van der Waals surface area contributed by atoms with Crippen LogP contribution in [0, 0.1) is 11.3 Å². The van der Waals surface area contributed by atoms with Gasteiger partial charge in [0.05, 0.1) is 13.2 Å². The monoisotopic (exact) mass is 514 g/mol. The van der Waals surface area contributed by atoms with Gasteiger partial charge in [0.25, 0.3) is 0 Å².